The van der Waals surface area contributed by atoms with Crippen molar-refractivity contribution in [3.05, 3.63) is 36.2 Å². The van der Waals surface area contributed by atoms with Crippen molar-refractivity contribution in [3.8, 4) is 17.0 Å². The third-order valence-corrected chi connectivity index (χ3v) is 3.15. The van der Waals surface area contributed by atoms with Crippen molar-refractivity contribution in [2.24, 2.45) is 0 Å². The average Bonchev–Trinajstić information content (AvgIpc) is 2.45. The first-order valence-electron chi connectivity index (χ1n) is 6.94. The average molecular weight is 300 g/mol. The summed E-state index contributed by atoms with van der Waals surface area (Å²) < 4.78 is 5.31. The molecule has 0 atom stereocenters. The Hall–Kier alpha value is -2.63. The van der Waals surface area contributed by atoms with E-state index in [0.29, 0.717) is 11.7 Å². The zero-order valence-electron chi connectivity index (χ0n) is 13.2. The number of hydrogen-bond donors (Lipinski definition) is 2. The Balaban J connectivity index is 2.64. The number of carbonyl (C=O) groups is 1. The van der Waals surface area contributed by atoms with Gasteiger partial charge in [-0.2, -0.15) is 0 Å². The summed E-state index contributed by atoms with van der Waals surface area (Å²) in [6, 6.07) is 5.53. The predicted octanol–water partition coefficient (Wildman–Crippen LogP) is 2.74. The lowest BCUT2D eigenvalue weighted by Gasteiger charge is -2.24. The first kappa shape index (κ1) is 15.8. The van der Waals surface area contributed by atoms with Crippen LogP contribution in [0.1, 0.15) is 26.3 Å². The van der Waals surface area contributed by atoms with E-state index < -0.39 is 6.09 Å². The summed E-state index contributed by atoms with van der Waals surface area (Å²) in [6.45, 7) is 6.11. The number of ether oxygens (including phenoxy) is 1. The maximum Gasteiger partial charge on any atom is 0.413 e. The quantitative estimate of drug-likeness (QED) is 0.890. The summed E-state index contributed by atoms with van der Waals surface area (Å²) in [4.78, 5) is 19.8. The second kappa shape index (κ2) is 6.01. The van der Waals surface area contributed by atoms with Gasteiger partial charge in [-0.15, -0.1) is 0 Å². The highest BCUT2D eigenvalue weighted by atomic mass is 16.6. The molecule has 0 aliphatic rings. The molecule has 22 heavy (non-hydrogen) atoms. The normalized spacial score (nSPS) is 11.1. The van der Waals surface area contributed by atoms with Gasteiger partial charge >= 0.3 is 6.09 Å². The van der Waals surface area contributed by atoms with Crippen molar-refractivity contribution < 1.29 is 9.53 Å². The summed E-state index contributed by atoms with van der Waals surface area (Å²) in [7, 11) is 1.51. The van der Waals surface area contributed by atoms with Crippen molar-refractivity contribution in [2.45, 2.75) is 26.2 Å². The number of carbonyl (C=O) groups excluding carboxylic acids is 1. The van der Waals surface area contributed by atoms with Gasteiger partial charge in [-0.05, 0) is 34.7 Å². The van der Waals surface area contributed by atoms with E-state index in [9.17, 15) is 4.79 Å². The minimum Gasteiger partial charge on any atom is -0.391 e. The summed E-state index contributed by atoms with van der Waals surface area (Å²) in [5, 5.41) is 2.43. The molecule has 6 heteroatoms. The van der Waals surface area contributed by atoms with E-state index in [0.717, 1.165) is 16.7 Å². The number of nitrogens with zero attached hydrogens (tertiary/aromatic N) is 2. The van der Waals surface area contributed by atoms with Crippen molar-refractivity contribution in [1.29, 1.82) is 0 Å². The van der Waals surface area contributed by atoms with E-state index in [-0.39, 0.29) is 5.41 Å². The maximum absolute atomic E-state index is 11.6. The van der Waals surface area contributed by atoms with Gasteiger partial charge < -0.3 is 15.8 Å². The Bertz CT molecular complexity index is 693. The number of pyridine rings is 2. The van der Waals surface area contributed by atoms with Gasteiger partial charge in [0.05, 0.1) is 0 Å². The Labute approximate surface area is 129 Å². The third-order valence-electron chi connectivity index (χ3n) is 3.15. The third kappa shape index (κ3) is 3.33. The molecule has 116 valence electrons. The lowest BCUT2D eigenvalue weighted by Crippen LogP contribution is -2.25. The van der Waals surface area contributed by atoms with Crippen LogP contribution in [0.25, 0.3) is 11.1 Å². The van der Waals surface area contributed by atoms with Gasteiger partial charge in [0, 0.05) is 25.0 Å². The number of aromatic nitrogens is 2. The highest BCUT2D eigenvalue weighted by molar-refractivity contribution is 5.75. The molecule has 0 aromatic carbocycles. The molecule has 6 nitrogen and oxygen atoms in total. The van der Waals surface area contributed by atoms with E-state index in [1.54, 1.807) is 18.5 Å². The number of nitrogen functional groups attached to an aromatic ring is 1. The fourth-order valence-electron chi connectivity index (χ4n) is 2.24. The molecule has 0 saturated carbocycles. The van der Waals surface area contributed by atoms with Crippen molar-refractivity contribution in [1.82, 2.24) is 15.3 Å². The summed E-state index contributed by atoms with van der Waals surface area (Å²) in [5.41, 5.74) is 8.15. The first-order valence-corrected chi connectivity index (χ1v) is 6.94. The van der Waals surface area contributed by atoms with Crippen LogP contribution < -0.4 is 15.8 Å². The number of hydrogen-bond acceptors (Lipinski definition) is 5. The zero-order valence-corrected chi connectivity index (χ0v) is 13.2. The second-order valence-electron chi connectivity index (χ2n) is 5.90. The number of nitrogens with two attached hydrogens (primary N) is 1. The van der Waals surface area contributed by atoms with Crippen LogP contribution in [0.4, 0.5) is 10.6 Å². The molecular weight excluding hydrogens is 280 g/mol. The van der Waals surface area contributed by atoms with E-state index >= 15 is 0 Å². The molecule has 0 aliphatic carbocycles. The number of nitrogens with one attached hydrogen (secondary N) is 1. The van der Waals surface area contributed by atoms with Crippen molar-refractivity contribution in [3.63, 3.8) is 0 Å². The van der Waals surface area contributed by atoms with Crippen LogP contribution in [0.5, 0.6) is 5.88 Å². The van der Waals surface area contributed by atoms with Gasteiger partial charge in [-0.25, -0.2) is 14.8 Å². The van der Waals surface area contributed by atoms with E-state index in [1.165, 1.54) is 7.05 Å². The molecule has 0 spiro atoms. The van der Waals surface area contributed by atoms with E-state index in [2.05, 4.69) is 15.3 Å². The monoisotopic (exact) mass is 300 g/mol. The molecule has 0 unspecified atom stereocenters. The van der Waals surface area contributed by atoms with Crippen LogP contribution >= 0.6 is 0 Å². The largest absolute Gasteiger partial charge is 0.413 e. The molecule has 2 aromatic rings. The zero-order chi connectivity index (χ0) is 16.3. The minimum absolute atomic E-state index is 0.273. The lowest BCUT2D eigenvalue weighted by atomic mass is 9.82. The number of anilines is 1. The molecule has 0 aliphatic heterocycles. The Morgan fingerprint density at radius 2 is 1.91 bits per heavy atom. The van der Waals surface area contributed by atoms with Crippen molar-refractivity contribution in [2.75, 3.05) is 12.8 Å². The number of amides is 1. The number of rotatable bonds is 2. The van der Waals surface area contributed by atoms with Crippen LogP contribution in [-0.2, 0) is 5.41 Å². The molecule has 0 fully saturated rings. The predicted molar refractivity (Wildman–Crippen MR) is 85.7 cm³/mol. The first-order chi connectivity index (χ1) is 10.3. The van der Waals surface area contributed by atoms with Crippen LogP contribution in [0, 0.1) is 0 Å². The fourth-order valence-corrected chi connectivity index (χ4v) is 2.24. The smallest absolute Gasteiger partial charge is 0.391 e. The summed E-state index contributed by atoms with van der Waals surface area (Å²) in [6.07, 6.45) is 2.71. The molecule has 2 heterocycles. The van der Waals surface area contributed by atoms with Gasteiger partial charge in [0.2, 0.25) is 5.88 Å². The Morgan fingerprint density at radius 3 is 2.50 bits per heavy atom. The van der Waals surface area contributed by atoms with E-state index in [4.69, 9.17) is 10.5 Å². The van der Waals surface area contributed by atoms with Crippen molar-refractivity contribution >= 4 is 11.9 Å². The fraction of sp³-hybridized carbons (Fsp3) is 0.312. The molecule has 2 aromatic heterocycles. The van der Waals surface area contributed by atoms with Gasteiger partial charge in [0.1, 0.15) is 5.82 Å². The van der Waals surface area contributed by atoms with Gasteiger partial charge in [-0.3, -0.25) is 0 Å². The van der Waals surface area contributed by atoms with Crippen LogP contribution in [0.15, 0.2) is 30.6 Å². The van der Waals surface area contributed by atoms with E-state index in [1.807, 2.05) is 32.9 Å². The molecule has 0 saturated heterocycles. The summed E-state index contributed by atoms with van der Waals surface area (Å²) in [5.74, 6) is 0.725. The molecule has 1 amide bonds. The second-order valence-corrected chi connectivity index (χ2v) is 5.90. The maximum atomic E-state index is 11.6. The molecule has 2 rings (SSSR count). The minimum atomic E-state index is -0.551. The highest BCUT2D eigenvalue weighted by Crippen LogP contribution is 2.38. The van der Waals surface area contributed by atoms with Gasteiger partial charge in [0.15, 0.2) is 0 Å². The molecular formula is C16H20N4O2. The van der Waals surface area contributed by atoms with Crippen LogP contribution in [-0.4, -0.2) is 23.1 Å². The molecule has 3 N–H and O–H groups in total. The Morgan fingerprint density at radius 1 is 1.23 bits per heavy atom. The molecule has 0 bridgehead atoms. The summed E-state index contributed by atoms with van der Waals surface area (Å²) >= 11 is 0. The Kier molecular flexibility index (Phi) is 4.30. The SMILES string of the molecule is CNC(=O)Oc1nccc(-c2ccnc(N)c2)c1C(C)(C)C. The highest BCUT2D eigenvalue weighted by Gasteiger charge is 2.26. The van der Waals surface area contributed by atoms with Crippen LogP contribution in [0.2, 0.25) is 0 Å². The van der Waals surface area contributed by atoms with Gasteiger partial charge in [-0.1, -0.05) is 20.8 Å². The lowest BCUT2D eigenvalue weighted by molar-refractivity contribution is 0.200. The van der Waals surface area contributed by atoms with Gasteiger partial charge in [0.25, 0.3) is 0 Å². The topological polar surface area (TPSA) is 90.1 Å². The standard InChI is InChI=1S/C16H20N4O2/c1-16(2,3)13-11(10-5-7-19-12(17)9-10)6-8-20-14(13)22-15(21)18-4/h5-9H,1-4H3,(H2,17,19)(H,18,21). The van der Waals surface area contributed by atoms with Crippen LogP contribution in [0.3, 0.4) is 0 Å². The molecule has 0 radical (unpaired) electrons.